The molecule has 1 N–H and O–H groups in total. The van der Waals surface area contributed by atoms with Crippen molar-refractivity contribution in [3.63, 3.8) is 0 Å². The van der Waals surface area contributed by atoms with E-state index in [4.69, 9.17) is 0 Å². The van der Waals surface area contributed by atoms with Crippen LogP contribution in [-0.2, 0) is 17.9 Å². The first-order chi connectivity index (χ1) is 15.3. The molecule has 0 aliphatic carbocycles. The fourth-order valence-electron chi connectivity index (χ4n) is 3.27. The van der Waals surface area contributed by atoms with Crippen molar-refractivity contribution in [2.75, 3.05) is 11.9 Å². The molecule has 0 saturated carbocycles. The Kier molecular flexibility index (Phi) is 8.00. The monoisotopic (exact) mass is 453 g/mol. The molecule has 0 spiro atoms. The van der Waals surface area contributed by atoms with Crippen LogP contribution >= 0.6 is 11.3 Å². The van der Waals surface area contributed by atoms with E-state index in [9.17, 15) is 14.0 Å². The molecule has 168 valence electrons. The third kappa shape index (κ3) is 6.40. The highest BCUT2D eigenvalue weighted by Gasteiger charge is 2.24. The van der Waals surface area contributed by atoms with Gasteiger partial charge in [0, 0.05) is 23.2 Å². The van der Waals surface area contributed by atoms with Crippen molar-refractivity contribution in [3.8, 4) is 0 Å². The molecule has 3 aromatic rings. The summed E-state index contributed by atoms with van der Waals surface area (Å²) in [5.41, 5.74) is 2.50. The number of nitrogens with zero attached hydrogens (tertiary/aromatic N) is 2. The van der Waals surface area contributed by atoms with Crippen LogP contribution in [0, 0.1) is 12.7 Å². The summed E-state index contributed by atoms with van der Waals surface area (Å²) in [6, 6.07) is 17.1. The van der Waals surface area contributed by atoms with Crippen molar-refractivity contribution in [1.29, 1.82) is 0 Å². The molecule has 3 amide bonds. The van der Waals surface area contributed by atoms with E-state index in [1.807, 2.05) is 62.5 Å². The second kappa shape index (κ2) is 10.9. The van der Waals surface area contributed by atoms with Crippen LogP contribution in [0.3, 0.4) is 0 Å². The van der Waals surface area contributed by atoms with E-state index in [0.717, 1.165) is 21.7 Å². The van der Waals surface area contributed by atoms with Gasteiger partial charge < -0.3 is 15.1 Å². The summed E-state index contributed by atoms with van der Waals surface area (Å²) in [7, 11) is 0. The topological polar surface area (TPSA) is 52.7 Å². The second-order valence-corrected chi connectivity index (χ2v) is 8.95. The lowest BCUT2D eigenvalue weighted by Gasteiger charge is -2.30. The number of hydrogen-bond donors (Lipinski definition) is 1. The minimum atomic E-state index is -0.319. The van der Waals surface area contributed by atoms with Gasteiger partial charge in [0.2, 0.25) is 5.91 Å². The number of thiophene rings is 1. The largest absolute Gasteiger partial charge is 0.332 e. The molecule has 0 aliphatic rings. The minimum absolute atomic E-state index is 0.0536. The standard InChI is InChI=1S/C25H28FN3O2S/c1-18(2)29(25(31)27-23-9-5-4-7-19(23)3)17-24(30)28(16-22-8-6-14-32-22)15-20-10-12-21(26)13-11-20/h4-14,18H,15-17H2,1-3H3,(H,27,31). The molecule has 1 aromatic heterocycles. The lowest BCUT2D eigenvalue weighted by molar-refractivity contribution is -0.133. The molecule has 2 aromatic carbocycles. The summed E-state index contributed by atoms with van der Waals surface area (Å²) in [4.78, 5) is 30.6. The van der Waals surface area contributed by atoms with E-state index in [0.29, 0.717) is 13.1 Å². The summed E-state index contributed by atoms with van der Waals surface area (Å²) >= 11 is 1.57. The van der Waals surface area contributed by atoms with Gasteiger partial charge in [0.25, 0.3) is 0 Å². The minimum Gasteiger partial charge on any atom is -0.332 e. The van der Waals surface area contributed by atoms with Crippen molar-refractivity contribution >= 4 is 29.0 Å². The lowest BCUT2D eigenvalue weighted by Crippen LogP contribution is -2.47. The smallest absolute Gasteiger partial charge is 0.322 e. The number of aryl methyl sites for hydroxylation is 1. The van der Waals surface area contributed by atoms with Crippen LogP contribution in [0.25, 0.3) is 0 Å². The number of hydrogen-bond acceptors (Lipinski definition) is 3. The Hall–Kier alpha value is -3.19. The summed E-state index contributed by atoms with van der Waals surface area (Å²) in [6.45, 7) is 6.40. The number of anilines is 1. The average molecular weight is 454 g/mol. The number of amides is 3. The molecule has 0 atom stereocenters. The zero-order valence-corrected chi connectivity index (χ0v) is 19.4. The van der Waals surface area contributed by atoms with Crippen LogP contribution in [0.4, 0.5) is 14.9 Å². The number of benzene rings is 2. The molecule has 0 fully saturated rings. The van der Waals surface area contributed by atoms with Crippen molar-refractivity contribution in [2.24, 2.45) is 0 Å². The molecular weight excluding hydrogens is 425 g/mol. The SMILES string of the molecule is Cc1ccccc1NC(=O)N(CC(=O)N(Cc1ccc(F)cc1)Cc1cccs1)C(C)C. The van der Waals surface area contributed by atoms with Crippen LogP contribution < -0.4 is 5.32 Å². The summed E-state index contributed by atoms with van der Waals surface area (Å²) in [6.07, 6.45) is 0. The molecule has 1 heterocycles. The number of rotatable bonds is 8. The Morgan fingerprint density at radius 3 is 2.34 bits per heavy atom. The zero-order valence-electron chi connectivity index (χ0n) is 18.5. The molecule has 0 unspecified atom stereocenters. The van der Waals surface area contributed by atoms with Gasteiger partial charge in [0.15, 0.2) is 0 Å². The van der Waals surface area contributed by atoms with E-state index in [1.165, 1.54) is 17.0 Å². The molecule has 32 heavy (non-hydrogen) atoms. The van der Waals surface area contributed by atoms with E-state index in [-0.39, 0.29) is 30.3 Å². The van der Waals surface area contributed by atoms with Crippen molar-refractivity contribution < 1.29 is 14.0 Å². The third-order valence-corrected chi connectivity index (χ3v) is 6.00. The average Bonchev–Trinajstić information content (AvgIpc) is 3.27. The Morgan fingerprint density at radius 2 is 1.72 bits per heavy atom. The van der Waals surface area contributed by atoms with Crippen LogP contribution in [0.1, 0.15) is 29.9 Å². The summed E-state index contributed by atoms with van der Waals surface area (Å²) in [5.74, 6) is -0.486. The number of nitrogens with one attached hydrogen (secondary N) is 1. The van der Waals surface area contributed by atoms with Gasteiger partial charge in [-0.1, -0.05) is 36.4 Å². The second-order valence-electron chi connectivity index (χ2n) is 7.92. The van der Waals surface area contributed by atoms with Crippen molar-refractivity contribution in [1.82, 2.24) is 9.80 Å². The van der Waals surface area contributed by atoms with Crippen LogP contribution in [0.2, 0.25) is 0 Å². The lowest BCUT2D eigenvalue weighted by atomic mass is 10.2. The van der Waals surface area contributed by atoms with Crippen LogP contribution in [0.15, 0.2) is 66.0 Å². The number of carbonyl (C=O) groups excluding carboxylic acids is 2. The number of halogens is 1. The maximum Gasteiger partial charge on any atom is 0.322 e. The van der Waals surface area contributed by atoms with Crippen LogP contribution in [-0.4, -0.2) is 34.3 Å². The fourth-order valence-corrected chi connectivity index (χ4v) is 3.99. The van der Waals surface area contributed by atoms with Gasteiger partial charge in [-0.3, -0.25) is 4.79 Å². The van der Waals surface area contributed by atoms with Gasteiger partial charge in [-0.05, 0) is 61.5 Å². The van der Waals surface area contributed by atoms with Gasteiger partial charge in [0.1, 0.15) is 12.4 Å². The highest BCUT2D eigenvalue weighted by atomic mass is 32.1. The normalized spacial score (nSPS) is 10.8. The maximum absolute atomic E-state index is 13.3. The molecular formula is C25H28FN3O2S. The van der Waals surface area contributed by atoms with Gasteiger partial charge in [-0.15, -0.1) is 11.3 Å². The highest BCUT2D eigenvalue weighted by Crippen LogP contribution is 2.18. The Morgan fingerprint density at radius 1 is 1.00 bits per heavy atom. The summed E-state index contributed by atoms with van der Waals surface area (Å²) < 4.78 is 13.3. The Balaban J connectivity index is 1.75. The van der Waals surface area contributed by atoms with Crippen molar-refractivity contribution in [3.05, 3.63) is 87.9 Å². The van der Waals surface area contributed by atoms with Gasteiger partial charge in [-0.2, -0.15) is 0 Å². The molecule has 5 nitrogen and oxygen atoms in total. The fraction of sp³-hybridized carbons (Fsp3) is 0.280. The first-order valence-electron chi connectivity index (χ1n) is 10.5. The molecule has 0 saturated heterocycles. The molecule has 0 radical (unpaired) electrons. The molecule has 3 rings (SSSR count). The third-order valence-electron chi connectivity index (χ3n) is 5.14. The first-order valence-corrected chi connectivity index (χ1v) is 11.4. The molecule has 7 heteroatoms. The quantitative estimate of drug-likeness (QED) is 0.478. The predicted octanol–water partition coefficient (Wildman–Crippen LogP) is 5.67. The van der Waals surface area contributed by atoms with Gasteiger partial charge in [-0.25, -0.2) is 9.18 Å². The summed E-state index contributed by atoms with van der Waals surface area (Å²) in [5, 5.41) is 4.88. The van der Waals surface area contributed by atoms with Gasteiger partial charge >= 0.3 is 6.03 Å². The van der Waals surface area contributed by atoms with Crippen molar-refractivity contribution in [2.45, 2.75) is 39.9 Å². The number of carbonyl (C=O) groups is 2. The molecule has 0 aliphatic heterocycles. The first kappa shape index (κ1) is 23.5. The van der Waals surface area contributed by atoms with E-state index >= 15 is 0 Å². The van der Waals surface area contributed by atoms with E-state index in [1.54, 1.807) is 28.4 Å². The molecule has 0 bridgehead atoms. The highest BCUT2D eigenvalue weighted by molar-refractivity contribution is 7.09. The van der Waals surface area contributed by atoms with E-state index < -0.39 is 0 Å². The maximum atomic E-state index is 13.3. The van der Waals surface area contributed by atoms with Gasteiger partial charge in [0.05, 0.1) is 6.54 Å². The Bertz CT molecular complexity index is 1040. The predicted molar refractivity (Wildman–Crippen MR) is 127 cm³/mol. The van der Waals surface area contributed by atoms with Crippen LogP contribution in [0.5, 0.6) is 0 Å². The number of para-hydroxylation sites is 1. The Labute approximate surface area is 192 Å². The van der Waals surface area contributed by atoms with E-state index in [2.05, 4.69) is 5.32 Å². The zero-order chi connectivity index (χ0) is 23.1. The number of urea groups is 1.